The lowest BCUT2D eigenvalue weighted by Crippen LogP contribution is -2.45. The molecule has 0 amide bonds. The van der Waals surface area contributed by atoms with Gasteiger partial charge in [0.15, 0.2) is 5.92 Å². The Morgan fingerprint density at radius 3 is 1.95 bits per heavy atom. The molecule has 0 aliphatic rings. The predicted octanol–water partition coefficient (Wildman–Crippen LogP) is 4.59. The van der Waals surface area contributed by atoms with Gasteiger partial charge in [0.25, 0.3) is 0 Å². The topological polar surface area (TPSA) is 12.0 Å². The molecular weight excluding hydrogens is 359 g/mol. The minimum absolute atomic E-state index is 0.210. The van der Waals surface area contributed by atoms with E-state index in [1.807, 2.05) is 5.32 Å². The maximum Gasteiger partial charge on any atom is 0.402 e. The molecule has 0 aliphatic heterocycles. The van der Waals surface area contributed by atoms with Crippen LogP contribution in [0.2, 0.25) is 0 Å². The first-order valence-corrected chi connectivity index (χ1v) is 6.04. The summed E-state index contributed by atoms with van der Waals surface area (Å²) in [5.41, 5.74) is -0.707. The zero-order valence-electron chi connectivity index (χ0n) is 9.91. The summed E-state index contributed by atoms with van der Waals surface area (Å²) in [4.78, 5) is 0. The summed E-state index contributed by atoms with van der Waals surface area (Å²) in [7, 11) is 0.912. The highest BCUT2D eigenvalue weighted by molar-refractivity contribution is 9.10. The van der Waals surface area contributed by atoms with Gasteiger partial charge in [-0.3, -0.25) is 0 Å². The van der Waals surface area contributed by atoms with Crippen LogP contribution in [-0.2, 0) is 0 Å². The molecule has 1 N–H and O–H groups in total. The summed E-state index contributed by atoms with van der Waals surface area (Å²) in [5, 5.41) is 1.90. The Labute approximate surface area is 118 Å². The minimum Gasteiger partial charge on any atom is -0.312 e. The van der Waals surface area contributed by atoms with Gasteiger partial charge in [-0.25, -0.2) is 4.39 Å². The molecule has 0 aliphatic carbocycles. The Bertz CT molecular complexity index is 455. The van der Waals surface area contributed by atoms with Crippen molar-refractivity contribution in [3.63, 3.8) is 0 Å². The third kappa shape index (κ3) is 3.63. The number of alkyl halides is 6. The second kappa shape index (κ2) is 5.88. The van der Waals surface area contributed by atoms with Crippen molar-refractivity contribution >= 4 is 15.9 Å². The number of halogens is 8. The van der Waals surface area contributed by atoms with E-state index >= 15 is 0 Å². The second-order valence-electron chi connectivity index (χ2n) is 3.97. The highest BCUT2D eigenvalue weighted by atomic mass is 79.9. The minimum atomic E-state index is -5.55. The van der Waals surface area contributed by atoms with Crippen molar-refractivity contribution in [3.05, 3.63) is 34.1 Å². The van der Waals surface area contributed by atoms with Gasteiger partial charge in [-0.2, -0.15) is 26.3 Å². The molecule has 0 heterocycles. The molecule has 9 heteroatoms. The zero-order chi connectivity index (χ0) is 15.7. The summed E-state index contributed by atoms with van der Waals surface area (Å²) in [5.74, 6) is -4.87. The molecule has 0 bridgehead atoms. The molecule has 1 rings (SSSR count). The van der Waals surface area contributed by atoms with E-state index in [0.29, 0.717) is 0 Å². The molecule has 0 saturated carbocycles. The Morgan fingerprint density at radius 1 is 1.05 bits per heavy atom. The van der Waals surface area contributed by atoms with E-state index in [1.54, 1.807) is 0 Å². The maximum atomic E-state index is 13.8. The molecule has 1 nitrogen and oxygen atoms in total. The highest BCUT2D eigenvalue weighted by Crippen LogP contribution is 2.47. The summed E-state index contributed by atoms with van der Waals surface area (Å²) in [6.07, 6.45) is -11.1. The van der Waals surface area contributed by atoms with Gasteiger partial charge in [0.2, 0.25) is 0 Å². The number of benzene rings is 1. The quantitative estimate of drug-likeness (QED) is 0.770. The van der Waals surface area contributed by atoms with Crippen LogP contribution in [0.1, 0.15) is 11.6 Å². The lowest BCUT2D eigenvalue weighted by molar-refractivity contribution is -0.292. The van der Waals surface area contributed by atoms with Crippen molar-refractivity contribution in [1.29, 1.82) is 0 Å². The number of rotatable bonds is 3. The molecule has 1 aromatic rings. The molecule has 0 aromatic heterocycles. The van der Waals surface area contributed by atoms with Crippen LogP contribution in [0.15, 0.2) is 22.7 Å². The smallest absolute Gasteiger partial charge is 0.312 e. The van der Waals surface area contributed by atoms with Crippen LogP contribution in [0.5, 0.6) is 0 Å². The lowest BCUT2D eigenvalue weighted by Gasteiger charge is -2.31. The van der Waals surface area contributed by atoms with Crippen molar-refractivity contribution in [2.75, 3.05) is 7.05 Å². The van der Waals surface area contributed by atoms with Crippen LogP contribution in [0.4, 0.5) is 30.7 Å². The predicted molar refractivity (Wildman–Crippen MR) is 61.5 cm³/mol. The molecule has 0 spiro atoms. The normalized spacial score (nSPS) is 14.7. The van der Waals surface area contributed by atoms with E-state index in [9.17, 15) is 30.7 Å². The summed E-state index contributed by atoms with van der Waals surface area (Å²) >= 11 is 2.73. The Balaban J connectivity index is 3.39. The maximum absolute atomic E-state index is 13.8. The molecular formula is C11H9BrF7N. The van der Waals surface area contributed by atoms with E-state index in [0.717, 1.165) is 19.2 Å². The van der Waals surface area contributed by atoms with Gasteiger partial charge in [0.05, 0.1) is 10.5 Å². The van der Waals surface area contributed by atoms with Crippen molar-refractivity contribution in [2.45, 2.75) is 18.4 Å². The largest absolute Gasteiger partial charge is 0.402 e. The zero-order valence-corrected chi connectivity index (χ0v) is 11.5. The Kier molecular flexibility index (Phi) is 5.07. The third-order valence-electron chi connectivity index (χ3n) is 2.67. The van der Waals surface area contributed by atoms with E-state index in [2.05, 4.69) is 15.9 Å². The molecule has 0 radical (unpaired) electrons. The molecule has 1 atom stereocenters. The van der Waals surface area contributed by atoms with Crippen molar-refractivity contribution in [2.24, 2.45) is 5.92 Å². The average Bonchev–Trinajstić information content (AvgIpc) is 2.26. The van der Waals surface area contributed by atoms with Crippen LogP contribution in [0, 0.1) is 11.7 Å². The van der Waals surface area contributed by atoms with E-state index in [-0.39, 0.29) is 4.47 Å². The van der Waals surface area contributed by atoms with Crippen LogP contribution >= 0.6 is 15.9 Å². The third-order valence-corrected chi connectivity index (χ3v) is 3.28. The SMILES string of the molecule is CNC(c1cccc(Br)c1F)C(C(F)(F)F)C(F)(F)F. The number of hydrogen-bond donors (Lipinski definition) is 1. The van der Waals surface area contributed by atoms with Gasteiger partial charge in [0.1, 0.15) is 5.82 Å². The van der Waals surface area contributed by atoms with Gasteiger partial charge in [-0.05, 0) is 29.0 Å². The second-order valence-corrected chi connectivity index (χ2v) is 4.82. The first-order chi connectivity index (χ1) is 9.00. The first-order valence-electron chi connectivity index (χ1n) is 5.24. The molecule has 0 saturated heterocycles. The molecule has 0 fully saturated rings. The monoisotopic (exact) mass is 367 g/mol. The van der Waals surface area contributed by atoms with Gasteiger partial charge < -0.3 is 5.32 Å². The van der Waals surface area contributed by atoms with Crippen molar-refractivity contribution in [3.8, 4) is 0 Å². The van der Waals surface area contributed by atoms with Crippen LogP contribution in [-0.4, -0.2) is 19.4 Å². The van der Waals surface area contributed by atoms with Crippen molar-refractivity contribution in [1.82, 2.24) is 5.32 Å². The molecule has 114 valence electrons. The summed E-state index contributed by atoms with van der Waals surface area (Å²) in [6, 6.07) is 0.955. The average molecular weight is 368 g/mol. The first kappa shape index (κ1) is 17.2. The number of nitrogens with one attached hydrogen (secondary N) is 1. The molecule has 1 unspecified atom stereocenters. The molecule has 20 heavy (non-hydrogen) atoms. The molecule has 1 aromatic carbocycles. The standard InChI is InChI=1S/C11H9BrF7N/c1-20-8(5-3-2-4-6(12)7(5)13)9(10(14,15)16)11(17,18)19/h2-4,8-9,20H,1H3. The van der Waals surface area contributed by atoms with Gasteiger partial charge >= 0.3 is 12.4 Å². The van der Waals surface area contributed by atoms with Crippen molar-refractivity contribution < 1.29 is 30.7 Å². The van der Waals surface area contributed by atoms with Crippen LogP contribution < -0.4 is 5.32 Å². The highest BCUT2D eigenvalue weighted by Gasteiger charge is 2.60. The van der Waals surface area contributed by atoms with E-state index < -0.39 is 35.7 Å². The van der Waals surface area contributed by atoms with E-state index in [1.165, 1.54) is 6.07 Å². The van der Waals surface area contributed by atoms with Crippen LogP contribution in [0.25, 0.3) is 0 Å². The lowest BCUT2D eigenvalue weighted by atomic mass is 9.91. The Hall–Kier alpha value is -0.830. The van der Waals surface area contributed by atoms with Gasteiger partial charge in [-0.15, -0.1) is 0 Å². The van der Waals surface area contributed by atoms with Gasteiger partial charge in [-0.1, -0.05) is 12.1 Å². The summed E-state index contributed by atoms with van der Waals surface area (Å²) < 4.78 is 89.6. The fourth-order valence-electron chi connectivity index (χ4n) is 1.83. The summed E-state index contributed by atoms with van der Waals surface area (Å²) in [6.45, 7) is 0. The van der Waals surface area contributed by atoms with E-state index in [4.69, 9.17) is 0 Å². The van der Waals surface area contributed by atoms with Gasteiger partial charge in [0, 0.05) is 5.56 Å². The number of hydrogen-bond acceptors (Lipinski definition) is 1. The Morgan fingerprint density at radius 2 is 1.55 bits per heavy atom. The fourth-order valence-corrected chi connectivity index (χ4v) is 2.21. The fraction of sp³-hybridized carbons (Fsp3) is 0.455. The van der Waals surface area contributed by atoms with Crippen LogP contribution in [0.3, 0.4) is 0 Å².